The number of carbonyl (C=O) groups is 1. The van der Waals surface area contributed by atoms with Crippen molar-refractivity contribution >= 4 is 5.97 Å². The summed E-state index contributed by atoms with van der Waals surface area (Å²) < 4.78 is 5.23. The molecular formula is C10H19NO2. The van der Waals surface area contributed by atoms with Crippen LogP contribution in [-0.4, -0.2) is 31.2 Å². The van der Waals surface area contributed by atoms with Gasteiger partial charge in [0.15, 0.2) is 6.23 Å². The van der Waals surface area contributed by atoms with Gasteiger partial charge in [-0.1, -0.05) is 13.0 Å². The third-order valence-electron chi connectivity index (χ3n) is 1.92. The smallest absolute Gasteiger partial charge is 0.334 e. The van der Waals surface area contributed by atoms with Gasteiger partial charge in [-0.2, -0.15) is 0 Å². The molecule has 1 unspecified atom stereocenters. The third-order valence-corrected chi connectivity index (χ3v) is 1.92. The van der Waals surface area contributed by atoms with Gasteiger partial charge in [-0.05, 0) is 34.4 Å². The van der Waals surface area contributed by atoms with Crippen LogP contribution in [0.1, 0.15) is 27.2 Å². The minimum atomic E-state index is -0.233. The van der Waals surface area contributed by atoms with Crippen LogP contribution in [0.5, 0.6) is 0 Å². The molecule has 0 aromatic heterocycles. The first-order chi connectivity index (χ1) is 6.02. The molecule has 0 aromatic rings. The lowest BCUT2D eigenvalue weighted by atomic mass is 10.3. The predicted octanol–water partition coefficient (Wildman–Crippen LogP) is 1.79. The molecule has 0 aromatic carbocycles. The molecule has 3 nitrogen and oxygen atoms in total. The summed E-state index contributed by atoms with van der Waals surface area (Å²) in [6.07, 6.45) is 2.43. The maximum Gasteiger partial charge on any atom is 0.334 e. The van der Waals surface area contributed by atoms with E-state index in [0.29, 0.717) is 5.57 Å². The van der Waals surface area contributed by atoms with Crippen molar-refractivity contribution in [1.29, 1.82) is 0 Å². The Labute approximate surface area is 80.4 Å². The molecule has 0 saturated heterocycles. The Kier molecular flexibility index (Phi) is 5.39. The van der Waals surface area contributed by atoms with Crippen molar-refractivity contribution in [3.8, 4) is 0 Å². The van der Waals surface area contributed by atoms with Crippen molar-refractivity contribution in [3.63, 3.8) is 0 Å². The zero-order valence-corrected chi connectivity index (χ0v) is 9.13. The highest BCUT2D eigenvalue weighted by atomic mass is 16.6. The van der Waals surface area contributed by atoms with Crippen LogP contribution >= 0.6 is 0 Å². The van der Waals surface area contributed by atoms with E-state index >= 15 is 0 Å². The number of carbonyl (C=O) groups excluding carboxylic acids is 1. The summed E-state index contributed by atoms with van der Waals surface area (Å²) in [4.78, 5) is 13.2. The lowest BCUT2D eigenvalue weighted by Gasteiger charge is -2.22. The van der Waals surface area contributed by atoms with E-state index in [0.717, 1.165) is 6.42 Å². The van der Waals surface area contributed by atoms with Crippen LogP contribution in [0.4, 0.5) is 0 Å². The highest BCUT2D eigenvalue weighted by Crippen LogP contribution is 2.05. The molecule has 0 bridgehead atoms. The molecule has 0 heterocycles. The number of rotatable bonds is 4. The van der Waals surface area contributed by atoms with Gasteiger partial charge in [-0.3, -0.25) is 4.90 Å². The maximum absolute atomic E-state index is 11.3. The lowest BCUT2D eigenvalue weighted by molar-refractivity contribution is -0.152. The summed E-state index contributed by atoms with van der Waals surface area (Å²) in [5.41, 5.74) is 0.653. The first-order valence-electron chi connectivity index (χ1n) is 4.53. The summed E-state index contributed by atoms with van der Waals surface area (Å²) >= 11 is 0. The summed E-state index contributed by atoms with van der Waals surface area (Å²) in [5.74, 6) is -0.233. The summed E-state index contributed by atoms with van der Waals surface area (Å²) in [6.45, 7) is 5.57. The van der Waals surface area contributed by atoms with Crippen LogP contribution in [0.3, 0.4) is 0 Å². The van der Waals surface area contributed by atoms with E-state index in [1.807, 2.05) is 32.8 Å². The van der Waals surface area contributed by atoms with Crippen LogP contribution in [-0.2, 0) is 9.53 Å². The van der Waals surface area contributed by atoms with Crippen LogP contribution in [0, 0.1) is 0 Å². The maximum atomic E-state index is 11.3. The second kappa shape index (κ2) is 5.75. The number of hydrogen-bond donors (Lipinski definition) is 0. The topological polar surface area (TPSA) is 29.5 Å². The second-order valence-corrected chi connectivity index (χ2v) is 3.20. The SMILES string of the molecule is CC=C(C)C(=O)OC(CC)N(C)C. The summed E-state index contributed by atoms with van der Waals surface area (Å²) in [7, 11) is 3.79. The Morgan fingerprint density at radius 2 is 2.08 bits per heavy atom. The number of ether oxygens (including phenoxy) is 1. The highest BCUT2D eigenvalue weighted by molar-refractivity contribution is 5.87. The standard InChI is InChI=1S/C10H19NO2/c1-6-8(3)10(12)13-9(7-2)11(4)5/h6,9H,7H2,1-5H3. The number of esters is 1. The van der Waals surface area contributed by atoms with E-state index in [1.165, 1.54) is 0 Å². The molecule has 0 fully saturated rings. The molecule has 0 aliphatic rings. The highest BCUT2D eigenvalue weighted by Gasteiger charge is 2.14. The first-order valence-corrected chi connectivity index (χ1v) is 4.53. The molecule has 13 heavy (non-hydrogen) atoms. The Morgan fingerprint density at radius 1 is 1.54 bits per heavy atom. The van der Waals surface area contributed by atoms with Gasteiger partial charge < -0.3 is 4.74 Å². The van der Waals surface area contributed by atoms with E-state index in [-0.39, 0.29) is 12.2 Å². The van der Waals surface area contributed by atoms with Gasteiger partial charge in [0.2, 0.25) is 0 Å². The Balaban J connectivity index is 4.17. The average molecular weight is 185 g/mol. The van der Waals surface area contributed by atoms with Gasteiger partial charge in [0, 0.05) is 5.57 Å². The minimum Gasteiger partial charge on any atom is -0.443 e. The molecular weight excluding hydrogens is 166 g/mol. The summed E-state index contributed by atoms with van der Waals surface area (Å²) in [6, 6.07) is 0. The predicted molar refractivity (Wildman–Crippen MR) is 53.3 cm³/mol. The molecule has 0 radical (unpaired) electrons. The zero-order chi connectivity index (χ0) is 10.4. The Hall–Kier alpha value is -0.830. The van der Waals surface area contributed by atoms with Crippen molar-refractivity contribution in [1.82, 2.24) is 4.90 Å². The Morgan fingerprint density at radius 3 is 2.38 bits per heavy atom. The van der Waals surface area contributed by atoms with E-state index in [2.05, 4.69) is 0 Å². The summed E-state index contributed by atoms with van der Waals surface area (Å²) in [5, 5.41) is 0. The van der Waals surface area contributed by atoms with Crippen LogP contribution in [0.2, 0.25) is 0 Å². The van der Waals surface area contributed by atoms with E-state index in [4.69, 9.17) is 4.74 Å². The lowest BCUT2D eigenvalue weighted by Crippen LogP contribution is -2.32. The van der Waals surface area contributed by atoms with Crippen LogP contribution < -0.4 is 0 Å². The molecule has 0 spiro atoms. The fraction of sp³-hybridized carbons (Fsp3) is 0.700. The molecule has 0 aliphatic carbocycles. The molecule has 0 amide bonds. The number of nitrogens with zero attached hydrogens (tertiary/aromatic N) is 1. The molecule has 76 valence electrons. The zero-order valence-electron chi connectivity index (χ0n) is 9.13. The average Bonchev–Trinajstić information content (AvgIpc) is 2.11. The van der Waals surface area contributed by atoms with E-state index < -0.39 is 0 Å². The quantitative estimate of drug-likeness (QED) is 0.380. The van der Waals surface area contributed by atoms with E-state index in [1.54, 1.807) is 13.0 Å². The van der Waals surface area contributed by atoms with Crippen molar-refractivity contribution in [2.75, 3.05) is 14.1 Å². The third kappa shape index (κ3) is 4.08. The van der Waals surface area contributed by atoms with Gasteiger partial charge in [-0.25, -0.2) is 4.79 Å². The molecule has 1 atom stereocenters. The monoisotopic (exact) mass is 185 g/mol. The van der Waals surface area contributed by atoms with Gasteiger partial charge >= 0.3 is 5.97 Å². The van der Waals surface area contributed by atoms with Crippen molar-refractivity contribution in [2.24, 2.45) is 0 Å². The van der Waals surface area contributed by atoms with Crippen molar-refractivity contribution < 1.29 is 9.53 Å². The van der Waals surface area contributed by atoms with Gasteiger partial charge in [-0.15, -0.1) is 0 Å². The number of allylic oxidation sites excluding steroid dienone is 1. The first kappa shape index (κ1) is 12.2. The van der Waals surface area contributed by atoms with Gasteiger partial charge in [0.25, 0.3) is 0 Å². The number of hydrogen-bond acceptors (Lipinski definition) is 3. The minimum absolute atomic E-state index is 0.123. The van der Waals surface area contributed by atoms with Crippen LogP contribution in [0.15, 0.2) is 11.6 Å². The van der Waals surface area contributed by atoms with Gasteiger partial charge in [0.05, 0.1) is 0 Å². The fourth-order valence-electron chi connectivity index (χ4n) is 0.888. The molecule has 0 aliphatic heterocycles. The molecule has 3 heteroatoms. The largest absolute Gasteiger partial charge is 0.443 e. The molecule has 0 rings (SSSR count). The van der Waals surface area contributed by atoms with Crippen molar-refractivity contribution in [2.45, 2.75) is 33.4 Å². The van der Waals surface area contributed by atoms with E-state index in [9.17, 15) is 4.79 Å². The molecule has 0 N–H and O–H groups in total. The molecule has 0 saturated carbocycles. The normalized spacial score (nSPS) is 14.5. The van der Waals surface area contributed by atoms with Crippen molar-refractivity contribution in [3.05, 3.63) is 11.6 Å². The van der Waals surface area contributed by atoms with Gasteiger partial charge in [0.1, 0.15) is 0 Å². The Bertz CT molecular complexity index is 197. The van der Waals surface area contributed by atoms with Crippen LogP contribution in [0.25, 0.3) is 0 Å². The fourth-order valence-corrected chi connectivity index (χ4v) is 0.888. The second-order valence-electron chi connectivity index (χ2n) is 3.20.